The van der Waals surface area contributed by atoms with E-state index in [-0.39, 0.29) is 5.41 Å². The van der Waals surface area contributed by atoms with Crippen molar-refractivity contribution in [2.75, 3.05) is 9.80 Å². The van der Waals surface area contributed by atoms with E-state index < -0.39 is 0 Å². The SMILES string of the molecule is CC1(C)c2ccccc2-c2ccc(N(c3ccccc3)c3cc(N(c4ccccc4)c4ccc5oc6ccccc6c5c4)c4oc(-c5ccccc5)nc4c3)cc21. The second-order valence-electron chi connectivity index (χ2n) is 15.2. The standard InChI is InChI=1S/C52H37N3O2/c1-52(2)44-24-14-12-22-40(44)41-28-26-38(31-45(41)52)54(35-18-8-4-9-19-35)39-32-46-50(57-51(53-46)34-16-6-3-7-17-34)47(33-39)55(36-20-10-5-11-21-36)37-27-29-49-43(30-37)42-23-13-15-25-48(42)56-49/h3-33H,1-2H3. The Labute approximate surface area is 330 Å². The molecule has 5 heteroatoms. The summed E-state index contributed by atoms with van der Waals surface area (Å²) in [5.41, 5.74) is 15.1. The normalized spacial score (nSPS) is 12.9. The number of rotatable bonds is 7. The molecule has 0 radical (unpaired) electrons. The number of para-hydroxylation sites is 3. The smallest absolute Gasteiger partial charge is 0.227 e. The van der Waals surface area contributed by atoms with Crippen LogP contribution in [0.2, 0.25) is 0 Å². The Morgan fingerprint density at radius 2 is 1.05 bits per heavy atom. The molecule has 1 aliphatic rings. The van der Waals surface area contributed by atoms with Crippen LogP contribution >= 0.6 is 0 Å². The first kappa shape index (κ1) is 33.0. The van der Waals surface area contributed by atoms with E-state index in [1.165, 1.54) is 22.3 Å². The second kappa shape index (κ2) is 12.9. The Morgan fingerprint density at radius 1 is 0.439 bits per heavy atom. The number of furan rings is 1. The Kier molecular flexibility index (Phi) is 7.45. The number of aromatic nitrogens is 1. The lowest BCUT2D eigenvalue weighted by Gasteiger charge is -2.30. The molecule has 1 aliphatic carbocycles. The summed E-state index contributed by atoms with van der Waals surface area (Å²) in [7, 11) is 0. The topological polar surface area (TPSA) is 45.7 Å². The van der Waals surface area contributed by atoms with Gasteiger partial charge in [-0.1, -0.05) is 117 Å². The molecule has 0 fully saturated rings. The van der Waals surface area contributed by atoms with Crippen molar-refractivity contribution >= 4 is 67.2 Å². The van der Waals surface area contributed by atoms with Gasteiger partial charge in [-0.05, 0) is 107 Å². The molecule has 0 unspecified atom stereocenters. The van der Waals surface area contributed by atoms with Crippen LogP contribution in [0, 0.1) is 0 Å². The van der Waals surface area contributed by atoms with Crippen LogP contribution in [0.5, 0.6) is 0 Å². The summed E-state index contributed by atoms with van der Waals surface area (Å²) in [5, 5.41) is 2.12. The summed E-state index contributed by atoms with van der Waals surface area (Å²) in [6.45, 7) is 4.66. The lowest BCUT2D eigenvalue weighted by Crippen LogP contribution is -2.17. The van der Waals surface area contributed by atoms with Crippen molar-refractivity contribution in [1.82, 2.24) is 4.98 Å². The molecule has 272 valence electrons. The van der Waals surface area contributed by atoms with Crippen molar-refractivity contribution in [3.05, 3.63) is 199 Å². The van der Waals surface area contributed by atoms with Crippen molar-refractivity contribution in [3.63, 3.8) is 0 Å². The van der Waals surface area contributed by atoms with Gasteiger partial charge in [0.2, 0.25) is 5.89 Å². The van der Waals surface area contributed by atoms with Gasteiger partial charge in [0.1, 0.15) is 16.7 Å². The third kappa shape index (κ3) is 5.35. The molecule has 2 aromatic heterocycles. The predicted molar refractivity (Wildman–Crippen MR) is 234 cm³/mol. The second-order valence-corrected chi connectivity index (χ2v) is 15.2. The van der Waals surface area contributed by atoms with E-state index >= 15 is 0 Å². The van der Waals surface area contributed by atoms with E-state index in [0.717, 1.165) is 67.1 Å². The fourth-order valence-corrected chi connectivity index (χ4v) is 8.71. The molecular weight excluding hydrogens is 699 g/mol. The zero-order chi connectivity index (χ0) is 38.1. The lowest BCUT2D eigenvalue weighted by molar-refractivity contribution is 0.620. The first-order valence-corrected chi connectivity index (χ1v) is 19.4. The summed E-state index contributed by atoms with van der Waals surface area (Å²) in [6, 6.07) is 65.9. The number of benzene rings is 8. The number of anilines is 6. The Bertz CT molecular complexity index is 3110. The van der Waals surface area contributed by atoms with E-state index in [9.17, 15) is 0 Å². The van der Waals surface area contributed by atoms with E-state index in [2.05, 4.69) is 163 Å². The third-order valence-corrected chi connectivity index (χ3v) is 11.4. The van der Waals surface area contributed by atoms with Crippen molar-refractivity contribution < 1.29 is 8.83 Å². The molecule has 2 heterocycles. The van der Waals surface area contributed by atoms with Crippen LogP contribution in [0.1, 0.15) is 25.0 Å². The summed E-state index contributed by atoms with van der Waals surface area (Å²) in [4.78, 5) is 9.82. The first-order chi connectivity index (χ1) is 28.0. The summed E-state index contributed by atoms with van der Waals surface area (Å²) in [6.07, 6.45) is 0. The fraction of sp³-hybridized carbons (Fsp3) is 0.0577. The van der Waals surface area contributed by atoms with Gasteiger partial charge in [0.05, 0.1) is 11.4 Å². The molecule has 57 heavy (non-hydrogen) atoms. The van der Waals surface area contributed by atoms with Crippen LogP contribution in [-0.4, -0.2) is 4.98 Å². The monoisotopic (exact) mass is 735 g/mol. The van der Waals surface area contributed by atoms with Gasteiger partial charge < -0.3 is 18.6 Å². The van der Waals surface area contributed by atoms with Gasteiger partial charge in [0.15, 0.2) is 5.58 Å². The summed E-state index contributed by atoms with van der Waals surface area (Å²) >= 11 is 0. The molecule has 0 saturated heterocycles. The van der Waals surface area contributed by atoms with Crippen molar-refractivity contribution in [2.24, 2.45) is 0 Å². The molecule has 0 amide bonds. The highest BCUT2D eigenvalue weighted by molar-refractivity contribution is 6.07. The van der Waals surface area contributed by atoms with E-state index in [1.54, 1.807) is 0 Å². The van der Waals surface area contributed by atoms with Crippen LogP contribution in [0.25, 0.3) is 55.6 Å². The number of hydrogen-bond acceptors (Lipinski definition) is 5. The molecule has 0 aliphatic heterocycles. The van der Waals surface area contributed by atoms with Crippen LogP contribution in [0.3, 0.4) is 0 Å². The minimum atomic E-state index is -0.157. The molecule has 0 bridgehead atoms. The van der Waals surface area contributed by atoms with Gasteiger partial charge in [-0.3, -0.25) is 0 Å². The average Bonchev–Trinajstić information content (AvgIpc) is 3.93. The van der Waals surface area contributed by atoms with Gasteiger partial charge in [0, 0.05) is 44.5 Å². The van der Waals surface area contributed by atoms with E-state index in [4.69, 9.17) is 13.8 Å². The van der Waals surface area contributed by atoms with Gasteiger partial charge in [0.25, 0.3) is 0 Å². The Morgan fingerprint density at radius 3 is 1.84 bits per heavy atom. The van der Waals surface area contributed by atoms with Gasteiger partial charge in [-0.25, -0.2) is 4.98 Å². The van der Waals surface area contributed by atoms with Crippen LogP contribution in [-0.2, 0) is 5.41 Å². The lowest BCUT2D eigenvalue weighted by atomic mass is 9.82. The van der Waals surface area contributed by atoms with Crippen molar-refractivity contribution in [2.45, 2.75) is 19.3 Å². The molecule has 0 N–H and O–H groups in total. The van der Waals surface area contributed by atoms with Crippen LogP contribution < -0.4 is 9.80 Å². The molecule has 5 nitrogen and oxygen atoms in total. The van der Waals surface area contributed by atoms with E-state index in [0.29, 0.717) is 11.5 Å². The molecule has 0 atom stereocenters. The average molecular weight is 736 g/mol. The summed E-state index contributed by atoms with van der Waals surface area (Å²) in [5.74, 6) is 0.566. The van der Waals surface area contributed by atoms with Gasteiger partial charge in [-0.2, -0.15) is 0 Å². The molecule has 10 aromatic rings. The highest BCUT2D eigenvalue weighted by Gasteiger charge is 2.36. The molecule has 0 spiro atoms. The predicted octanol–water partition coefficient (Wildman–Crippen LogP) is 14.6. The Balaban J connectivity index is 1.18. The number of fused-ring (bicyclic) bond motifs is 7. The molecule has 0 saturated carbocycles. The van der Waals surface area contributed by atoms with Crippen molar-refractivity contribution in [1.29, 1.82) is 0 Å². The molecule has 11 rings (SSSR count). The van der Waals surface area contributed by atoms with Crippen LogP contribution in [0.15, 0.2) is 197 Å². The number of nitrogens with zero attached hydrogens (tertiary/aromatic N) is 3. The molecular formula is C52H37N3O2. The molecule has 8 aromatic carbocycles. The maximum atomic E-state index is 6.83. The largest absolute Gasteiger partial charge is 0.456 e. The first-order valence-electron chi connectivity index (χ1n) is 19.4. The van der Waals surface area contributed by atoms with Crippen LogP contribution in [0.4, 0.5) is 34.1 Å². The minimum absolute atomic E-state index is 0.157. The fourth-order valence-electron chi connectivity index (χ4n) is 8.71. The number of oxazole rings is 1. The quantitative estimate of drug-likeness (QED) is 0.163. The maximum absolute atomic E-state index is 6.83. The minimum Gasteiger partial charge on any atom is -0.456 e. The zero-order valence-corrected chi connectivity index (χ0v) is 31.6. The summed E-state index contributed by atoms with van der Waals surface area (Å²) < 4.78 is 13.1. The maximum Gasteiger partial charge on any atom is 0.227 e. The zero-order valence-electron chi connectivity index (χ0n) is 31.6. The number of hydrogen-bond donors (Lipinski definition) is 0. The van der Waals surface area contributed by atoms with E-state index in [1.807, 2.05) is 48.5 Å². The van der Waals surface area contributed by atoms with Crippen molar-refractivity contribution in [3.8, 4) is 22.6 Å². The Hall–Kier alpha value is -7.37. The van der Waals surface area contributed by atoms with Gasteiger partial charge in [-0.15, -0.1) is 0 Å². The highest BCUT2D eigenvalue weighted by atomic mass is 16.3. The highest BCUT2D eigenvalue weighted by Crippen LogP contribution is 2.52. The van der Waals surface area contributed by atoms with Gasteiger partial charge >= 0.3 is 0 Å². The third-order valence-electron chi connectivity index (χ3n) is 11.4.